The Morgan fingerprint density at radius 2 is 1.68 bits per heavy atom. The molecule has 0 spiro atoms. The van der Waals surface area contributed by atoms with Crippen LogP contribution in [0.2, 0.25) is 0 Å². The van der Waals surface area contributed by atoms with Crippen molar-refractivity contribution in [1.82, 2.24) is 4.90 Å². The standard InChI is InChI=1S/C25H30NOP/c1-20(26-18-10-11-21(26)19-27-2)24-16-9-17-25(24)28(22-12-5-3-6-13-22)23-14-7-4-8-15-23/h3-9,12-15,17,20-21H,10-11,16,18-19H2,1-2H3/t20-,21?/m0/s1. The van der Waals surface area contributed by atoms with Crippen LogP contribution in [0, 0.1) is 0 Å². The molecule has 2 nitrogen and oxygen atoms in total. The second-order valence-electron chi connectivity index (χ2n) is 7.69. The van der Waals surface area contributed by atoms with Gasteiger partial charge in [0.2, 0.25) is 0 Å². The van der Waals surface area contributed by atoms with Crippen LogP contribution in [-0.4, -0.2) is 37.2 Å². The van der Waals surface area contributed by atoms with Crippen molar-refractivity contribution in [3.8, 4) is 0 Å². The molecule has 0 bridgehead atoms. The van der Waals surface area contributed by atoms with Crippen molar-refractivity contribution < 1.29 is 4.74 Å². The molecule has 0 aromatic heterocycles. The van der Waals surface area contributed by atoms with E-state index in [9.17, 15) is 0 Å². The number of methoxy groups -OCH3 is 1. The normalized spacial score (nSPS) is 21.0. The summed E-state index contributed by atoms with van der Waals surface area (Å²) in [5.41, 5.74) is 1.60. The number of rotatable bonds is 7. The van der Waals surface area contributed by atoms with Crippen molar-refractivity contribution in [1.29, 1.82) is 0 Å². The SMILES string of the molecule is COCC1CCCN1[C@@H](C)C1=C(P(c2ccccc2)c2ccccc2)C=CC1. The lowest BCUT2D eigenvalue weighted by Gasteiger charge is -2.33. The lowest BCUT2D eigenvalue weighted by atomic mass is 10.1. The molecule has 1 aliphatic carbocycles. The van der Waals surface area contributed by atoms with Gasteiger partial charge in [-0.2, -0.15) is 0 Å². The molecule has 1 heterocycles. The molecule has 2 aliphatic rings. The summed E-state index contributed by atoms with van der Waals surface area (Å²) in [4.78, 5) is 2.68. The minimum absolute atomic E-state index is 0.463. The summed E-state index contributed by atoms with van der Waals surface area (Å²) in [6.07, 6.45) is 8.37. The molecule has 2 aromatic carbocycles. The maximum Gasteiger partial charge on any atom is 0.0618 e. The van der Waals surface area contributed by atoms with Crippen LogP contribution in [0.5, 0.6) is 0 Å². The fourth-order valence-electron chi connectivity index (χ4n) is 4.63. The van der Waals surface area contributed by atoms with E-state index < -0.39 is 7.92 Å². The second kappa shape index (κ2) is 9.18. The third kappa shape index (κ3) is 4.01. The van der Waals surface area contributed by atoms with Crippen molar-refractivity contribution in [2.75, 3.05) is 20.3 Å². The molecule has 28 heavy (non-hydrogen) atoms. The predicted octanol–water partition coefficient (Wildman–Crippen LogP) is 4.83. The Bertz CT molecular complexity index is 791. The van der Waals surface area contributed by atoms with Crippen LogP contribution < -0.4 is 10.6 Å². The first-order valence-electron chi connectivity index (χ1n) is 10.3. The lowest BCUT2D eigenvalue weighted by molar-refractivity contribution is 0.102. The van der Waals surface area contributed by atoms with E-state index in [1.165, 1.54) is 30.0 Å². The van der Waals surface area contributed by atoms with Crippen molar-refractivity contribution >= 4 is 18.5 Å². The summed E-state index contributed by atoms with van der Waals surface area (Å²) in [6.45, 7) is 4.42. The highest BCUT2D eigenvalue weighted by Gasteiger charge is 2.33. The first-order valence-corrected chi connectivity index (χ1v) is 11.7. The van der Waals surface area contributed by atoms with E-state index in [-0.39, 0.29) is 0 Å². The summed E-state index contributed by atoms with van der Waals surface area (Å²) < 4.78 is 5.51. The first-order chi connectivity index (χ1) is 13.8. The van der Waals surface area contributed by atoms with Gasteiger partial charge in [0.15, 0.2) is 0 Å². The van der Waals surface area contributed by atoms with Crippen LogP contribution in [0.15, 0.2) is 83.7 Å². The molecule has 1 saturated heterocycles. The van der Waals surface area contributed by atoms with Gasteiger partial charge in [-0.25, -0.2) is 0 Å². The number of ether oxygens (including phenoxy) is 1. The Hall–Kier alpha value is -1.73. The molecule has 1 aliphatic heterocycles. The third-order valence-electron chi connectivity index (χ3n) is 6.00. The molecule has 4 rings (SSSR count). The van der Waals surface area contributed by atoms with Gasteiger partial charge in [-0.1, -0.05) is 72.8 Å². The fourth-order valence-corrected chi connectivity index (χ4v) is 7.25. The van der Waals surface area contributed by atoms with Crippen molar-refractivity contribution in [2.45, 2.75) is 38.3 Å². The van der Waals surface area contributed by atoms with E-state index in [4.69, 9.17) is 4.74 Å². The maximum absolute atomic E-state index is 5.51. The Kier molecular flexibility index (Phi) is 6.42. The van der Waals surface area contributed by atoms with Gasteiger partial charge in [-0.05, 0) is 62.1 Å². The quantitative estimate of drug-likeness (QED) is 0.627. The van der Waals surface area contributed by atoms with Gasteiger partial charge >= 0.3 is 0 Å². The zero-order valence-corrected chi connectivity index (χ0v) is 17.8. The van der Waals surface area contributed by atoms with Crippen LogP contribution in [0.4, 0.5) is 0 Å². The molecule has 2 atom stereocenters. The van der Waals surface area contributed by atoms with Gasteiger partial charge in [0.1, 0.15) is 0 Å². The Morgan fingerprint density at radius 3 is 2.29 bits per heavy atom. The van der Waals surface area contributed by atoms with Crippen LogP contribution in [-0.2, 0) is 4.74 Å². The minimum Gasteiger partial charge on any atom is -0.383 e. The van der Waals surface area contributed by atoms with Gasteiger partial charge < -0.3 is 4.74 Å². The molecule has 0 radical (unpaired) electrons. The predicted molar refractivity (Wildman–Crippen MR) is 121 cm³/mol. The Labute approximate surface area is 170 Å². The Balaban J connectivity index is 1.73. The number of hydrogen-bond acceptors (Lipinski definition) is 2. The van der Waals surface area contributed by atoms with Crippen molar-refractivity contribution in [2.24, 2.45) is 0 Å². The highest BCUT2D eigenvalue weighted by molar-refractivity contribution is 7.77. The average Bonchev–Trinajstić information content (AvgIpc) is 3.40. The average molecular weight is 391 g/mol. The molecule has 3 heteroatoms. The van der Waals surface area contributed by atoms with Crippen LogP contribution in [0.1, 0.15) is 26.2 Å². The van der Waals surface area contributed by atoms with Crippen LogP contribution in [0.25, 0.3) is 0 Å². The molecule has 1 fully saturated rings. The zero-order chi connectivity index (χ0) is 19.3. The van der Waals surface area contributed by atoms with Crippen LogP contribution >= 0.6 is 7.92 Å². The smallest absolute Gasteiger partial charge is 0.0618 e. The number of likely N-dealkylation sites (tertiary alicyclic amines) is 1. The molecule has 2 aromatic rings. The van der Waals surface area contributed by atoms with Gasteiger partial charge in [-0.15, -0.1) is 0 Å². The van der Waals surface area contributed by atoms with E-state index in [2.05, 4.69) is 84.6 Å². The minimum atomic E-state index is -0.525. The number of allylic oxidation sites excluding steroid dienone is 3. The number of benzene rings is 2. The van der Waals surface area contributed by atoms with Crippen molar-refractivity contribution in [3.63, 3.8) is 0 Å². The number of hydrogen-bond donors (Lipinski definition) is 0. The summed E-state index contributed by atoms with van der Waals surface area (Å²) in [7, 11) is 1.30. The van der Waals surface area contributed by atoms with Gasteiger partial charge in [0, 0.05) is 19.2 Å². The summed E-state index contributed by atoms with van der Waals surface area (Å²) in [5, 5.41) is 4.41. The van der Waals surface area contributed by atoms with Crippen LogP contribution in [0.3, 0.4) is 0 Å². The third-order valence-corrected chi connectivity index (χ3v) is 8.54. The monoisotopic (exact) mass is 391 g/mol. The van der Waals surface area contributed by atoms with Gasteiger partial charge in [0.25, 0.3) is 0 Å². The lowest BCUT2D eigenvalue weighted by Crippen LogP contribution is -2.40. The Morgan fingerprint density at radius 1 is 1.04 bits per heavy atom. The van der Waals surface area contributed by atoms with E-state index in [1.807, 2.05) is 7.11 Å². The fraction of sp³-hybridized carbons (Fsp3) is 0.360. The molecule has 1 unspecified atom stereocenters. The van der Waals surface area contributed by atoms with Crippen molar-refractivity contribution in [3.05, 3.63) is 83.7 Å². The molecule has 0 amide bonds. The van der Waals surface area contributed by atoms with E-state index >= 15 is 0 Å². The summed E-state index contributed by atoms with van der Waals surface area (Å²) >= 11 is 0. The summed E-state index contributed by atoms with van der Waals surface area (Å²) in [6, 6.07) is 23.1. The molecule has 0 N–H and O–H groups in total. The highest BCUT2D eigenvalue weighted by Crippen LogP contribution is 2.49. The maximum atomic E-state index is 5.51. The van der Waals surface area contributed by atoms with E-state index in [0.29, 0.717) is 12.1 Å². The topological polar surface area (TPSA) is 12.5 Å². The van der Waals surface area contributed by atoms with Gasteiger partial charge in [0.05, 0.1) is 6.61 Å². The van der Waals surface area contributed by atoms with Gasteiger partial charge in [-0.3, -0.25) is 4.90 Å². The first kappa shape index (κ1) is 19.6. The molecular weight excluding hydrogens is 361 g/mol. The molecular formula is C25H30NOP. The molecule has 0 saturated carbocycles. The zero-order valence-electron chi connectivity index (χ0n) is 16.9. The summed E-state index contributed by atoms with van der Waals surface area (Å²) in [5.74, 6) is 0. The highest BCUT2D eigenvalue weighted by atomic mass is 31.1. The second-order valence-corrected chi connectivity index (χ2v) is 9.87. The van der Waals surface area contributed by atoms with E-state index in [1.54, 1.807) is 10.9 Å². The largest absolute Gasteiger partial charge is 0.383 e. The molecule has 146 valence electrons. The number of nitrogens with zero attached hydrogens (tertiary/aromatic N) is 1. The van der Waals surface area contributed by atoms with E-state index in [0.717, 1.165) is 13.0 Å².